The molecule has 2 atom stereocenters. The van der Waals surface area contributed by atoms with E-state index >= 15 is 0 Å². The lowest BCUT2D eigenvalue weighted by atomic mass is 9.99. The van der Waals surface area contributed by atoms with Crippen molar-refractivity contribution >= 4 is 23.2 Å². The fourth-order valence-electron chi connectivity index (χ4n) is 2.52. The van der Waals surface area contributed by atoms with Crippen molar-refractivity contribution in [2.45, 2.75) is 32.7 Å². The van der Waals surface area contributed by atoms with E-state index in [0.29, 0.717) is 10.9 Å². The van der Waals surface area contributed by atoms with Crippen LogP contribution >= 0.6 is 11.6 Å². The van der Waals surface area contributed by atoms with Gasteiger partial charge < -0.3 is 5.32 Å². The monoisotopic (exact) mass is 280 g/mol. The molecule has 3 nitrogen and oxygen atoms in total. The van der Waals surface area contributed by atoms with E-state index in [9.17, 15) is 4.79 Å². The molecular weight excluding hydrogens is 260 g/mol. The molecule has 1 N–H and O–H groups in total. The number of anilines is 1. The van der Waals surface area contributed by atoms with Crippen LogP contribution in [-0.2, 0) is 4.79 Å². The molecule has 19 heavy (non-hydrogen) atoms. The van der Waals surface area contributed by atoms with E-state index in [1.54, 1.807) is 12.1 Å². The van der Waals surface area contributed by atoms with Gasteiger partial charge in [-0.25, -0.2) is 0 Å². The average Bonchev–Trinajstić information content (AvgIpc) is 2.40. The van der Waals surface area contributed by atoms with Gasteiger partial charge >= 0.3 is 0 Å². The molecule has 0 radical (unpaired) electrons. The molecule has 1 amide bonds. The summed E-state index contributed by atoms with van der Waals surface area (Å²) in [5, 5.41) is 3.62. The molecule has 1 aliphatic rings. The smallest absolute Gasteiger partial charge is 0.241 e. The lowest BCUT2D eigenvalue weighted by Gasteiger charge is -2.34. The molecule has 0 spiro atoms. The molecule has 4 heteroatoms. The van der Waals surface area contributed by atoms with Gasteiger partial charge in [-0.05, 0) is 56.5 Å². The number of carbonyl (C=O) groups excluding carboxylic acids is 1. The average molecular weight is 281 g/mol. The predicted molar refractivity (Wildman–Crippen MR) is 79.5 cm³/mol. The Bertz CT molecular complexity index is 432. The minimum atomic E-state index is -0.0848. The largest absolute Gasteiger partial charge is 0.325 e. The molecule has 1 aromatic carbocycles. The minimum absolute atomic E-state index is 0.0522. The van der Waals surface area contributed by atoms with Gasteiger partial charge in [0.05, 0.1) is 6.04 Å². The van der Waals surface area contributed by atoms with Crippen molar-refractivity contribution in [3.05, 3.63) is 29.3 Å². The predicted octanol–water partition coefficient (Wildman–Crippen LogP) is 3.40. The number of nitrogens with one attached hydrogen (secondary N) is 1. The molecule has 0 aromatic heterocycles. The van der Waals surface area contributed by atoms with Gasteiger partial charge in [0.15, 0.2) is 0 Å². The molecule has 1 fully saturated rings. The second kappa shape index (κ2) is 6.40. The second-order valence-corrected chi connectivity index (χ2v) is 5.85. The molecule has 0 aliphatic carbocycles. The van der Waals surface area contributed by atoms with Crippen molar-refractivity contribution in [2.75, 3.05) is 18.4 Å². The van der Waals surface area contributed by atoms with Crippen LogP contribution in [0, 0.1) is 5.92 Å². The molecular formula is C15H21ClN2O. The van der Waals surface area contributed by atoms with Crippen molar-refractivity contribution < 1.29 is 4.79 Å². The molecule has 2 rings (SSSR count). The van der Waals surface area contributed by atoms with Gasteiger partial charge in [-0.3, -0.25) is 9.69 Å². The van der Waals surface area contributed by atoms with E-state index in [-0.39, 0.29) is 11.9 Å². The van der Waals surface area contributed by atoms with E-state index in [1.807, 2.05) is 19.1 Å². The summed E-state index contributed by atoms with van der Waals surface area (Å²) >= 11 is 5.83. The third kappa shape index (κ3) is 3.95. The quantitative estimate of drug-likeness (QED) is 0.920. The maximum Gasteiger partial charge on any atom is 0.241 e. The summed E-state index contributed by atoms with van der Waals surface area (Å²) in [7, 11) is 0. The Hall–Kier alpha value is -1.06. The third-order valence-electron chi connectivity index (χ3n) is 3.73. The van der Waals surface area contributed by atoms with Crippen molar-refractivity contribution in [3.63, 3.8) is 0 Å². The normalized spacial score (nSPS) is 21.9. The van der Waals surface area contributed by atoms with Gasteiger partial charge in [0.2, 0.25) is 5.91 Å². The number of piperidine rings is 1. The number of hydrogen-bond donors (Lipinski definition) is 1. The molecule has 1 saturated heterocycles. The van der Waals surface area contributed by atoms with Gasteiger partial charge in [-0.15, -0.1) is 0 Å². The zero-order valence-corrected chi connectivity index (χ0v) is 12.3. The van der Waals surface area contributed by atoms with Crippen LogP contribution in [0.15, 0.2) is 24.3 Å². The zero-order chi connectivity index (χ0) is 13.8. The first kappa shape index (κ1) is 14.4. The zero-order valence-electron chi connectivity index (χ0n) is 11.5. The van der Waals surface area contributed by atoms with Crippen LogP contribution in [0.5, 0.6) is 0 Å². The molecule has 0 saturated carbocycles. The number of rotatable bonds is 3. The van der Waals surface area contributed by atoms with Crippen LogP contribution < -0.4 is 5.32 Å². The van der Waals surface area contributed by atoms with Crippen molar-refractivity contribution in [3.8, 4) is 0 Å². The van der Waals surface area contributed by atoms with E-state index in [4.69, 9.17) is 11.6 Å². The number of carbonyl (C=O) groups is 1. The number of hydrogen-bond acceptors (Lipinski definition) is 2. The summed E-state index contributed by atoms with van der Waals surface area (Å²) in [5.74, 6) is 0.732. The van der Waals surface area contributed by atoms with Gasteiger partial charge in [0.1, 0.15) is 0 Å². The molecule has 0 bridgehead atoms. The Labute approximate surface area is 119 Å². The number of benzene rings is 1. The first-order valence-electron chi connectivity index (χ1n) is 6.87. The Morgan fingerprint density at radius 1 is 1.42 bits per heavy atom. The maximum absolute atomic E-state index is 12.2. The number of likely N-dealkylation sites (tertiary alicyclic amines) is 1. The van der Waals surface area contributed by atoms with E-state index in [2.05, 4.69) is 17.1 Å². The summed E-state index contributed by atoms with van der Waals surface area (Å²) in [6, 6.07) is 7.13. The number of amides is 1. The number of nitrogens with zero attached hydrogens (tertiary/aromatic N) is 1. The van der Waals surface area contributed by atoms with Crippen LogP contribution in [0.3, 0.4) is 0 Å². The van der Waals surface area contributed by atoms with Crippen molar-refractivity contribution in [1.82, 2.24) is 4.90 Å². The number of halogens is 1. The molecule has 2 unspecified atom stereocenters. The third-order valence-corrected chi connectivity index (χ3v) is 3.98. The van der Waals surface area contributed by atoms with Gasteiger partial charge in [-0.2, -0.15) is 0 Å². The van der Waals surface area contributed by atoms with Crippen molar-refractivity contribution in [1.29, 1.82) is 0 Å². The van der Waals surface area contributed by atoms with Crippen LogP contribution in [0.2, 0.25) is 5.02 Å². The van der Waals surface area contributed by atoms with E-state index in [0.717, 1.165) is 18.8 Å². The fourth-order valence-corrected chi connectivity index (χ4v) is 2.65. The fraction of sp³-hybridized carbons (Fsp3) is 0.533. The maximum atomic E-state index is 12.2. The highest BCUT2D eigenvalue weighted by Crippen LogP contribution is 2.19. The van der Waals surface area contributed by atoms with E-state index < -0.39 is 0 Å². The van der Waals surface area contributed by atoms with Crippen LogP contribution in [0.4, 0.5) is 5.69 Å². The van der Waals surface area contributed by atoms with Gasteiger partial charge in [0, 0.05) is 17.3 Å². The topological polar surface area (TPSA) is 32.3 Å². The molecule has 1 heterocycles. The van der Waals surface area contributed by atoms with Gasteiger partial charge in [0.25, 0.3) is 0 Å². The SMILES string of the molecule is CC1CCCN(C(C)C(=O)Nc2ccc(Cl)cc2)C1. The molecule has 1 aliphatic heterocycles. The Balaban J connectivity index is 1.93. The summed E-state index contributed by atoms with van der Waals surface area (Å²) in [5.41, 5.74) is 0.798. The standard InChI is InChI=1S/C15H21ClN2O/c1-11-4-3-9-18(10-11)12(2)15(19)17-14-7-5-13(16)6-8-14/h5-8,11-12H,3-4,9-10H2,1-2H3,(H,17,19). The first-order valence-corrected chi connectivity index (χ1v) is 7.24. The van der Waals surface area contributed by atoms with Crippen molar-refractivity contribution in [2.24, 2.45) is 5.92 Å². The molecule has 1 aromatic rings. The van der Waals surface area contributed by atoms with Crippen LogP contribution in [0.25, 0.3) is 0 Å². The highest BCUT2D eigenvalue weighted by atomic mass is 35.5. The highest BCUT2D eigenvalue weighted by molar-refractivity contribution is 6.30. The Kier molecular flexibility index (Phi) is 4.83. The lowest BCUT2D eigenvalue weighted by Crippen LogP contribution is -2.46. The molecule has 104 valence electrons. The summed E-state index contributed by atoms with van der Waals surface area (Å²) in [6.07, 6.45) is 2.45. The highest BCUT2D eigenvalue weighted by Gasteiger charge is 2.25. The summed E-state index contributed by atoms with van der Waals surface area (Å²) < 4.78 is 0. The summed E-state index contributed by atoms with van der Waals surface area (Å²) in [4.78, 5) is 14.5. The van der Waals surface area contributed by atoms with Gasteiger partial charge in [-0.1, -0.05) is 18.5 Å². The Morgan fingerprint density at radius 3 is 2.74 bits per heavy atom. The Morgan fingerprint density at radius 2 is 2.11 bits per heavy atom. The second-order valence-electron chi connectivity index (χ2n) is 5.41. The first-order chi connectivity index (χ1) is 9.06. The summed E-state index contributed by atoms with van der Waals surface area (Å²) in [6.45, 7) is 6.24. The van der Waals surface area contributed by atoms with Crippen LogP contribution in [-0.4, -0.2) is 29.9 Å². The van der Waals surface area contributed by atoms with Crippen LogP contribution in [0.1, 0.15) is 26.7 Å². The minimum Gasteiger partial charge on any atom is -0.325 e. The lowest BCUT2D eigenvalue weighted by molar-refractivity contribution is -0.121. The van der Waals surface area contributed by atoms with E-state index in [1.165, 1.54) is 12.8 Å².